The number of aryl methyl sites for hydroxylation is 1. The van der Waals surface area contributed by atoms with Gasteiger partial charge in [-0.2, -0.15) is 0 Å². The Labute approximate surface area is 237 Å². The second-order valence-electron chi connectivity index (χ2n) is 10.7. The number of carbonyl (C=O) groups excluding carboxylic acids is 1. The topological polar surface area (TPSA) is 114 Å². The van der Waals surface area contributed by atoms with E-state index in [-0.39, 0.29) is 18.8 Å². The van der Waals surface area contributed by atoms with Crippen molar-refractivity contribution in [3.8, 4) is 0 Å². The number of hydrogen-bond acceptors (Lipinski definition) is 8. The summed E-state index contributed by atoms with van der Waals surface area (Å²) in [4.78, 5) is 24.4. The van der Waals surface area contributed by atoms with Crippen molar-refractivity contribution in [3.63, 3.8) is 0 Å². The van der Waals surface area contributed by atoms with Crippen LogP contribution in [0, 0.1) is 6.92 Å². The Morgan fingerprint density at radius 2 is 1.93 bits per heavy atom. The summed E-state index contributed by atoms with van der Waals surface area (Å²) in [5.41, 5.74) is 2.66. The molecule has 1 unspecified atom stereocenters. The van der Waals surface area contributed by atoms with E-state index in [0.29, 0.717) is 23.1 Å². The van der Waals surface area contributed by atoms with E-state index in [1.165, 1.54) is 0 Å². The molecule has 1 amide bonds. The zero-order valence-electron chi connectivity index (χ0n) is 23.0. The van der Waals surface area contributed by atoms with Gasteiger partial charge < -0.3 is 15.0 Å². The van der Waals surface area contributed by atoms with Crippen LogP contribution in [-0.4, -0.2) is 54.6 Å². The number of rotatable bonds is 4. The minimum Gasteiger partial charge on any atom is -0.444 e. The first-order valence-corrected chi connectivity index (χ1v) is 16.0. The third kappa shape index (κ3) is 6.37. The van der Waals surface area contributed by atoms with Crippen molar-refractivity contribution in [2.75, 3.05) is 23.7 Å². The van der Waals surface area contributed by atoms with Crippen molar-refractivity contribution in [1.82, 2.24) is 15.3 Å². The minimum atomic E-state index is -3.41. The number of nitrogens with zero attached hydrogens (tertiary/aromatic N) is 4. The summed E-state index contributed by atoms with van der Waals surface area (Å²) in [5, 5.41) is 6.47. The highest BCUT2D eigenvalue weighted by atomic mass is 32.2. The Morgan fingerprint density at radius 1 is 1.12 bits per heavy atom. The summed E-state index contributed by atoms with van der Waals surface area (Å²) in [6, 6.07) is 13.1. The van der Waals surface area contributed by atoms with Crippen LogP contribution in [0.5, 0.6) is 0 Å². The highest BCUT2D eigenvalue weighted by Gasteiger charge is 2.27. The largest absolute Gasteiger partial charge is 0.444 e. The van der Waals surface area contributed by atoms with Gasteiger partial charge in [0.25, 0.3) is 0 Å². The number of anilines is 1. The monoisotopic (exact) mass is 579 g/mol. The first kappa shape index (κ1) is 27.9. The van der Waals surface area contributed by atoms with Crippen LogP contribution >= 0.6 is 11.1 Å². The minimum absolute atomic E-state index is 0.0220. The molecule has 3 aromatic rings. The number of carbonyl (C=O) groups is 1. The van der Waals surface area contributed by atoms with Crippen LogP contribution in [0.2, 0.25) is 0 Å². The smallest absolute Gasteiger partial charge is 0.407 e. The second kappa shape index (κ2) is 11.1. The molecule has 3 heterocycles. The normalized spacial score (nSPS) is 19.4. The molecular weight excluding hydrogens is 546 g/mol. The van der Waals surface area contributed by atoms with Crippen LogP contribution < -0.4 is 10.2 Å². The third-order valence-electron chi connectivity index (χ3n) is 6.29. The van der Waals surface area contributed by atoms with E-state index in [2.05, 4.69) is 11.4 Å². The lowest BCUT2D eigenvalue weighted by atomic mass is 10.2. The molecule has 0 fully saturated rings. The number of amides is 1. The Hall–Kier alpha value is -3.70. The molecule has 1 aromatic heterocycles. The number of aromatic nitrogens is 2. The third-order valence-corrected chi connectivity index (χ3v) is 9.78. The Bertz CT molecular complexity index is 1660. The van der Waals surface area contributed by atoms with Gasteiger partial charge in [-0.15, -0.1) is 0 Å². The molecule has 0 saturated carbocycles. The molecular formula is C29H33N5O4S2. The van der Waals surface area contributed by atoms with Crippen molar-refractivity contribution in [2.24, 2.45) is 4.40 Å². The average Bonchev–Trinajstić information content (AvgIpc) is 3.21. The lowest BCUT2D eigenvalue weighted by molar-refractivity contribution is 0.0536. The van der Waals surface area contributed by atoms with Crippen molar-refractivity contribution in [1.29, 1.82) is 0 Å². The fourth-order valence-corrected chi connectivity index (χ4v) is 7.55. The highest BCUT2D eigenvalue weighted by molar-refractivity contribution is 8.18. The standard InChI is InChI=1S/C29H33N5O4S2/c1-20-12-13-24-23(17-20)26(39-15-8-7-10-22(33-39)18-30-28(35)38-29(2,3)4)32-27(31-24)34-14-16-40(36,37)25-11-6-5-9-21(25)19-34/h5-13,15,17,39H,14,16,18-19H2,1-4H3,(H,30,35). The number of allylic oxidation sites excluding steroid dienone is 2. The number of fused-ring (bicyclic) bond motifs is 2. The Kier molecular flexibility index (Phi) is 7.70. The maximum Gasteiger partial charge on any atom is 0.407 e. The van der Waals surface area contributed by atoms with Crippen molar-refractivity contribution >= 4 is 49.6 Å². The Morgan fingerprint density at radius 3 is 2.73 bits per heavy atom. The summed E-state index contributed by atoms with van der Waals surface area (Å²) < 4.78 is 36.3. The average molecular weight is 580 g/mol. The SMILES string of the molecule is Cc1ccc2nc(N3CCS(=O)(=O)c4ccccc4C3)nc([SH]3C=CC=CC(CNC(=O)OC(C)(C)C)=N3)c2c1. The van der Waals surface area contributed by atoms with Crippen LogP contribution in [-0.2, 0) is 21.1 Å². The lowest BCUT2D eigenvalue weighted by Crippen LogP contribution is -2.35. The molecule has 11 heteroatoms. The van der Waals surface area contributed by atoms with E-state index >= 15 is 0 Å². The van der Waals surface area contributed by atoms with Crippen LogP contribution in [0.15, 0.2) is 80.4 Å². The van der Waals surface area contributed by atoms with Gasteiger partial charge in [-0.05, 0) is 62.9 Å². The van der Waals surface area contributed by atoms with Crippen molar-refractivity contribution < 1.29 is 17.9 Å². The van der Waals surface area contributed by atoms with Gasteiger partial charge in [-0.3, -0.25) is 0 Å². The molecule has 1 N–H and O–H groups in total. The van der Waals surface area contributed by atoms with E-state index < -0.39 is 32.6 Å². The van der Waals surface area contributed by atoms with Gasteiger partial charge in [0.1, 0.15) is 10.6 Å². The zero-order valence-corrected chi connectivity index (χ0v) is 24.7. The van der Waals surface area contributed by atoms with Crippen LogP contribution in [0.3, 0.4) is 0 Å². The predicted octanol–water partition coefficient (Wildman–Crippen LogP) is 5.06. The van der Waals surface area contributed by atoms with E-state index in [9.17, 15) is 13.2 Å². The summed E-state index contributed by atoms with van der Waals surface area (Å²) in [6.45, 7) is 8.34. The molecule has 1 atom stereocenters. The quantitative estimate of drug-likeness (QED) is 0.328. The van der Waals surface area contributed by atoms with Crippen LogP contribution in [0.1, 0.15) is 31.9 Å². The molecule has 40 heavy (non-hydrogen) atoms. The van der Waals surface area contributed by atoms with Gasteiger partial charge in [0.15, 0.2) is 9.84 Å². The number of ether oxygens (including phenoxy) is 1. The number of thiol groups is 1. The number of hydrogen-bond donors (Lipinski definition) is 2. The highest BCUT2D eigenvalue weighted by Crippen LogP contribution is 2.43. The summed E-state index contributed by atoms with van der Waals surface area (Å²) >= 11 is -1.26. The maximum absolute atomic E-state index is 13.0. The number of sulfone groups is 1. The van der Waals surface area contributed by atoms with E-state index in [1.807, 2.05) is 80.5 Å². The first-order chi connectivity index (χ1) is 19.0. The number of benzene rings is 2. The van der Waals surface area contributed by atoms with E-state index in [4.69, 9.17) is 19.1 Å². The Balaban J connectivity index is 1.52. The molecule has 2 aliphatic heterocycles. The molecule has 210 valence electrons. The molecule has 0 saturated heterocycles. The molecule has 0 spiro atoms. The fraction of sp³-hybridized carbons (Fsp3) is 0.310. The second-order valence-corrected chi connectivity index (χ2v) is 14.4. The van der Waals surface area contributed by atoms with Gasteiger partial charge >= 0.3 is 6.09 Å². The summed E-state index contributed by atoms with van der Waals surface area (Å²) in [5.74, 6) is 0.446. The molecule has 9 nitrogen and oxygen atoms in total. The molecule has 2 aromatic carbocycles. The van der Waals surface area contributed by atoms with E-state index in [0.717, 1.165) is 27.1 Å². The molecule has 5 rings (SSSR count). The summed E-state index contributed by atoms with van der Waals surface area (Å²) in [7, 11) is -3.41. The predicted molar refractivity (Wildman–Crippen MR) is 161 cm³/mol. The zero-order chi connectivity index (χ0) is 28.5. The van der Waals surface area contributed by atoms with Gasteiger partial charge in [0, 0.05) is 18.5 Å². The summed E-state index contributed by atoms with van der Waals surface area (Å²) in [6.07, 6.45) is 5.19. The van der Waals surface area contributed by atoms with E-state index in [1.54, 1.807) is 12.1 Å². The van der Waals surface area contributed by atoms with Crippen molar-refractivity contribution in [2.45, 2.75) is 49.8 Å². The molecule has 0 radical (unpaired) electrons. The lowest BCUT2D eigenvalue weighted by Gasteiger charge is -2.23. The maximum atomic E-state index is 13.0. The van der Waals surface area contributed by atoms with Gasteiger partial charge in [0.05, 0.1) is 28.4 Å². The van der Waals surface area contributed by atoms with Gasteiger partial charge in [-0.1, -0.05) is 53.1 Å². The van der Waals surface area contributed by atoms with Gasteiger partial charge in [0.2, 0.25) is 5.95 Å². The molecule has 0 aliphatic carbocycles. The number of nitrogens with one attached hydrogen (secondary N) is 1. The van der Waals surface area contributed by atoms with Gasteiger partial charge in [-0.25, -0.2) is 27.6 Å². The van der Waals surface area contributed by atoms with Crippen molar-refractivity contribution in [3.05, 3.63) is 77.2 Å². The molecule has 0 bridgehead atoms. The molecule has 2 aliphatic rings. The fourth-order valence-electron chi connectivity index (χ4n) is 4.46. The van der Waals surface area contributed by atoms with Crippen LogP contribution in [0.25, 0.3) is 10.9 Å². The number of alkyl carbamates (subject to hydrolysis) is 1. The first-order valence-electron chi connectivity index (χ1n) is 13.0. The van der Waals surface area contributed by atoms with Crippen LogP contribution in [0.4, 0.5) is 10.7 Å².